The van der Waals surface area contributed by atoms with Crippen molar-refractivity contribution in [2.45, 2.75) is 45.3 Å². The van der Waals surface area contributed by atoms with E-state index in [2.05, 4.69) is 5.32 Å². The molecule has 0 radical (unpaired) electrons. The largest absolute Gasteiger partial charge is 0.368 e. The van der Waals surface area contributed by atoms with Crippen LogP contribution in [0.3, 0.4) is 0 Å². The minimum Gasteiger partial charge on any atom is -0.368 e. The van der Waals surface area contributed by atoms with E-state index in [0.29, 0.717) is 11.1 Å². The fourth-order valence-electron chi connectivity index (χ4n) is 2.21. The Morgan fingerprint density at radius 3 is 2.75 bits per heavy atom. The van der Waals surface area contributed by atoms with E-state index in [0.717, 1.165) is 17.8 Å². The molecule has 110 valence electrons. The number of nitrogens with two attached hydrogens (primary N) is 1. The van der Waals surface area contributed by atoms with Gasteiger partial charge in [0.2, 0.25) is 5.91 Å². The number of halogens is 1. The standard InChI is InChI=1S/C15H22ClN3O/c1-10(2)19(9-15(17)20)14-7-12(16)4-3-11(14)8-18-13-5-6-13/h3-4,7,10,13,18H,5-6,8-9H2,1-2H3,(H2,17,20). The molecule has 1 fully saturated rings. The lowest BCUT2D eigenvalue weighted by Crippen LogP contribution is -2.39. The molecule has 20 heavy (non-hydrogen) atoms. The lowest BCUT2D eigenvalue weighted by molar-refractivity contribution is -0.116. The second-order valence-electron chi connectivity index (χ2n) is 5.62. The number of amides is 1. The van der Waals surface area contributed by atoms with Crippen molar-refractivity contribution in [1.29, 1.82) is 0 Å². The van der Waals surface area contributed by atoms with E-state index in [1.807, 2.05) is 36.9 Å². The fraction of sp³-hybridized carbons (Fsp3) is 0.533. The van der Waals surface area contributed by atoms with Crippen molar-refractivity contribution in [3.63, 3.8) is 0 Å². The van der Waals surface area contributed by atoms with Crippen LogP contribution in [0.5, 0.6) is 0 Å². The zero-order valence-corrected chi connectivity index (χ0v) is 12.8. The Labute approximate surface area is 125 Å². The Morgan fingerprint density at radius 2 is 2.20 bits per heavy atom. The molecule has 0 heterocycles. The molecule has 0 aliphatic heterocycles. The monoisotopic (exact) mass is 295 g/mol. The number of anilines is 1. The van der Waals surface area contributed by atoms with Crippen molar-refractivity contribution in [2.24, 2.45) is 5.73 Å². The van der Waals surface area contributed by atoms with Crippen LogP contribution in [0.1, 0.15) is 32.3 Å². The Balaban J connectivity index is 2.24. The van der Waals surface area contributed by atoms with Gasteiger partial charge in [0.15, 0.2) is 0 Å². The number of nitrogens with zero attached hydrogens (tertiary/aromatic N) is 1. The predicted molar refractivity (Wildman–Crippen MR) is 83.0 cm³/mol. The molecule has 0 aromatic heterocycles. The van der Waals surface area contributed by atoms with E-state index in [4.69, 9.17) is 17.3 Å². The lowest BCUT2D eigenvalue weighted by atomic mass is 10.1. The number of primary amides is 1. The average Bonchev–Trinajstić information content (AvgIpc) is 3.18. The Hall–Kier alpha value is -1.26. The van der Waals surface area contributed by atoms with Crippen molar-refractivity contribution in [1.82, 2.24) is 5.32 Å². The van der Waals surface area contributed by atoms with Gasteiger partial charge in [-0.3, -0.25) is 4.79 Å². The van der Waals surface area contributed by atoms with Gasteiger partial charge in [-0.2, -0.15) is 0 Å². The van der Waals surface area contributed by atoms with Gasteiger partial charge in [-0.05, 0) is 44.4 Å². The van der Waals surface area contributed by atoms with Crippen LogP contribution in [0.4, 0.5) is 5.69 Å². The molecule has 1 aromatic rings. The number of nitrogens with one attached hydrogen (secondary N) is 1. The van der Waals surface area contributed by atoms with Crippen molar-refractivity contribution in [3.05, 3.63) is 28.8 Å². The molecule has 0 unspecified atom stereocenters. The molecule has 3 N–H and O–H groups in total. The molecule has 1 saturated carbocycles. The topological polar surface area (TPSA) is 58.4 Å². The van der Waals surface area contributed by atoms with Gasteiger partial charge in [0.25, 0.3) is 0 Å². The van der Waals surface area contributed by atoms with Gasteiger partial charge in [0.1, 0.15) is 0 Å². The summed E-state index contributed by atoms with van der Waals surface area (Å²) in [6, 6.07) is 6.64. The van der Waals surface area contributed by atoms with Crippen molar-refractivity contribution in [3.8, 4) is 0 Å². The third-order valence-electron chi connectivity index (χ3n) is 3.46. The van der Waals surface area contributed by atoms with E-state index in [-0.39, 0.29) is 18.5 Å². The molecule has 1 aliphatic rings. The van der Waals surface area contributed by atoms with E-state index >= 15 is 0 Å². The zero-order chi connectivity index (χ0) is 14.7. The van der Waals surface area contributed by atoms with Crippen LogP contribution in [0.15, 0.2) is 18.2 Å². The molecule has 0 spiro atoms. The molecule has 5 heteroatoms. The quantitative estimate of drug-likeness (QED) is 0.811. The van der Waals surface area contributed by atoms with Crippen molar-refractivity contribution < 1.29 is 4.79 Å². The van der Waals surface area contributed by atoms with Gasteiger partial charge in [-0.1, -0.05) is 17.7 Å². The van der Waals surface area contributed by atoms with E-state index in [9.17, 15) is 4.79 Å². The summed E-state index contributed by atoms with van der Waals surface area (Å²) in [5, 5.41) is 4.17. The van der Waals surface area contributed by atoms with Gasteiger partial charge in [-0.25, -0.2) is 0 Å². The van der Waals surface area contributed by atoms with Gasteiger partial charge < -0.3 is 16.0 Å². The maximum atomic E-state index is 11.3. The average molecular weight is 296 g/mol. The van der Waals surface area contributed by atoms with Gasteiger partial charge in [-0.15, -0.1) is 0 Å². The third-order valence-corrected chi connectivity index (χ3v) is 3.70. The van der Waals surface area contributed by atoms with Crippen molar-refractivity contribution >= 4 is 23.2 Å². The summed E-state index contributed by atoms with van der Waals surface area (Å²) < 4.78 is 0. The van der Waals surface area contributed by atoms with Crippen LogP contribution in [-0.2, 0) is 11.3 Å². The number of hydrogen-bond donors (Lipinski definition) is 2. The molecule has 4 nitrogen and oxygen atoms in total. The van der Waals surface area contributed by atoms with Crippen LogP contribution >= 0.6 is 11.6 Å². The first-order valence-electron chi connectivity index (χ1n) is 7.04. The second-order valence-corrected chi connectivity index (χ2v) is 6.05. The summed E-state index contributed by atoms with van der Waals surface area (Å²) >= 11 is 6.11. The Bertz CT molecular complexity index is 486. The van der Waals surface area contributed by atoms with Crippen molar-refractivity contribution in [2.75, 3.05) is 11.4 Å². The number of rotatable bonds is 7. The van der Waals surface area contributed by atoms with Crippen LogP contribution in [-0.4, -0.2) is 24.5 Å². The minimum atomic E-state index is -0.334. The number of hydrogen-bond acceptors (Lipinski definition) is 3. The second kappa shape index (κ2) is 6.46. The van der Waals surface area contributed by atoms with Crippen LogP contribution in [0.25, 0.3) is 0 Å². The first-order chi connectivity index (χ1) is 9.47. The SMILES string of the molecule is CC(C)N(CC(N)=O)c1cc(Cl)ccc1CNC1CC1. The Morgan fingerprint density at radius 1 is 1.50 bits per heavy atom. The minimum absolute atomic E-state index is 0.181. The molecular formula is C15H22ClN3O. The normalized spacial score (nSPS) is 14.6. The highest BCUT2D eigenvalue weighted by molar-refractivity contribution is 6.30. The van der Waals surface area contributed by atoms with E-state index in [1.165, 1.54) is 12.8 Å². The highest BCUT2D eigenvalue weighted by atomic mass is 35.5. The van der Waals surface area contributed by atoms with Gasteiger partial charge in [0.05, 0.1) is 6.54 Å². The Kier molecular flexibility index (Phi) is 4.89. The summed E-state index contributed by atoms with van der Waals surface area (Å²) in [4.78, 5) is 13.3. The number of benzene rings is 1. The summed E-state index contributed by atoms with van der Waals surface area (Å²) in [5.41, 5.74) is 7.49. The highest BCUT2D eigenvalue weighted by Crippen LogP contribution is 2.28. The summed E-state index contributed by atoms with van der Waals surface area (Å²) in [6.07, 6.45) is 2.50. The molecule has 0 saturated heterocycles. The number of carbonyl (C=O) groups is 1. The molecule has 0 atom stereocenters. The predicted octanol–water partition coefficient (Wildman–Crippen LogP) is 2.29. The molecule has 1 amide bonds. The lowest BCUT2D eigenvalue weighted by Gasteiger charge is -2.30. The zero-order valence-electron chi connectivity index (χ0n) is 12.0. The molecule has 1 aromatic carbocycles. The molecule has 1 aliphatic carbocycles. The maximum absolute atomic E-state index is 11.3. The third kappa shape index (κ3) is 4.12. The summed E-state index contributed by atoms with van der Waals surface area (Å²) in [7, 11) is 0. The maximum Gasteiger partial charge on any atom is 0.236 e. The smallest absolute Gasteiger partial charge is 0.236 e. The fourth-order valence-corrected chi connectivity index (χ4v) is 2.38. The highest BCUT2D eigenvalue weighted by Gasteiger charge is 2.22. The first kappa shape index (κ1) is 15.1. The van der Waals surface area contributed by atoms with Gasteiger partial charge >= 0.3 is 0 Å². The van der Waals surface area contributed by atoms with E-state index < -0.39 is 0 Å². The molecule has 0 bridgehead atoms. The van der Waals surface area contributed by atoms with Crippen LogP contribution < -0.4 is 16.0 Å². The van der Waals surface area contributed by atoms with E-state index in [1.54, 1.807) is 0 Å². The summed E-state index contributed by atoms with van der Waals surface area (Å²) in [6.45, 7) is 5.08. The molecular weight excluding hydrogens is 274 g/mol. The van der Waals surface area contributed by atoms with Crippen LogP contribution in [0.2, 0.25) is 5.02 Å². The molecule has 2 rings (SSSR count). The summed E-state index contributed by atoms with van der Waals surface area (Å²) in [5.74, 6) is -0.334. The van der Waals surface area contributed by atoms with Gasteiger partial charge in [0, 0.05) is 29.3 Å². The number of carbonyl (C=O) groups excluding carboxylic acids is 1. The first-order valence-corrected chi connectivity index (χ1v) is 7.42. The van der Waals surface area contributed by atoms with Crippen LogP contribution in [0, 0.1) is 0 Å².